The van der Waals surface area contributed by atoms with E-state index in [4.69, 9.17) is 9.47 Å². The number of hydrogen-bond acceptors (Lipinski definition) is 4. The van der Waals surface area contributed by atoms with Crippen molar-refractivity contribution in [2.24, 2.45) is 5.41 Å². The largest absolute Gasteiger partial charge is 0.495 e. The van der Waals surface area contributed by atoms with Crippen molar-refractivity contribution in [3.63, 3.8) is 0 Å². The molecule has 3 heterocycles. The summed E-state index contributed by atoms with van der Waals surface area (Å²) in [6.45, 7) is 3.90. The Kier molecular flexibility index (Phi) is 4.36. The zero-order valence-corrected chi connectivity index (χ0v) is 15.2. The molecule has 1 aromatic rings. The highest BCUT2D eigenvalue weighted by molar-refractivity contribution is 5.84. The fourth-order valence-electron chi connectivity index (χ4n) is 4.72. The van der Waals surface area contributed by atoms with Gasteiger partial charge in [-0.3, -0.25) is 4.79 Å². The molecule has 4 rings (SSSR count). The van der Waals surface area contributed by atoms with Crippen molar-refractivity contribution in [2.45, 2.75) is 57.3 Å². The summed E-state index contributed by atoms with van der Waals surface area (Å²) in [5.41, 5.74) is 0.758. The molecule has 0 spiro atoms. The molecular weight excluding hydrogens is 316 g/mol. The van der Waals surface area contributed by atoms with Gasteiger partial charge in [0.05, 0.1) is 30.4 Å². The Morgan fingerprint density at radius 1 is 1.32 bits per heavy atom. The number of nitrogens with zero attached hydrogens (tertiary/aromatic N) is 1. The highest BCUT2D eigenvalue weighted by Crippen LogP contribution is 2.47. The van der Waals surface area contributed by atoms with Crippen LogP contribution in [0.1, 0.15) is 39.0 Å². The highest BCUT2D eigenvalue weighted by Gasteiger charge is 2.54. The van der Waals surface area contributed by atoms with Gasteiger partial charge in [-0.1, -0.05) is 12.1 Å². The molecule has 3 fully saturated rings. The molecule has 3 saturated heterocycles. The lowest BCUT2D eigenvalue weighted by atomic mass is 9.74. The normalized spacial score (nSPS) is 34.2. The summed E-state index contributed by atoms with van der Waals surface area (Å²) in [5, 5.41) is 3.32. The van der Waals surface area contributed by atoms with Crippen LogP contribution < -0.4 is 15.0 Å². The molecule has 0 unspecified atom stereocenters. The van der Waals surface area contributed by atoms with Crippen LogP contribution in [-0.2, 0) is 9.53 Å². The summed E-state index contributed by atoms with van der Waals surface area (Å²) in [6.07, 6.45) is 5.49. The van der Waals surface area contributed by atoms with Crippen LogP contribution in [0.5, 0.6) is 5.75 Å². The lowest BCUT2D eigenvalue weighted by Gasteiger charge is -2.38. The minimum atomic E-state index is -0.352. The second-order valence-electron chi connectivity index (χ2n) is 7.88. The third-order valence-corrected chi connectivity index (χ3v) is 6.17. The van der Waals surface area contributed by atoms with Gasteiger partial charge in [-0.2, -0.15) is 0 Å². The first-order chi connectivity index (χ1) is 12.1. The number of para-hydroxylation sites is 2. The Bertz CT molecular complexity index is 650. The number of ether oxygens (including phenoxy) is 2. The number of benzene rings is 1. The van der Waals surface area contributed by atoms with Gasteiger partial charge < -0.3 is 19.7 Å². The zero-order valence-electron chi connectivity index (χ0n) is 15.2. The van der Waals surface area contributed by atoms with Crippen LogP contribution >= 0.6 is 0 Å². The van der Waals surface area contributed by atoms with Crippen LogP contribution in [0.4, 0.5) is 5.69 Å². The fraction of sp³-hybridized carbons (Fsp3) is 0.650. The smallest absolute Gasteiger partial charge is 0.228 e. The van der Waals surface area contributed by atoms with Crippen molar-refractivity contribution in [2.75, 3.05) is 25.1 Å². The molecule has 1 aromatic carbocycles. The molecule has 25 heavy (non-hydrogen) atoms. The van der Waals surface area contributed by atoms with E-state index in [9.17, 15) is 4.79 Å². The summed E-state index contributed by atoms with van der Waals surface area (Å²) in [5.74, 6) is 1.06. The highest BCUT2D eigenvalue weighted by atomic mass is 16.5. The molecule has 2 bridgehead atoms. The van der Waals surface area contributed by atoms with Gasteiger partial charge in [0.1, 0.15) is 5.75 Å². The lowest BCUT2D eigenvalue weighted by molar-refractivity contribution is -0.133. The number of carbonyl (C=O) groups excluding carboxylic acids is 1. The zero-order chi connectivity index (χ0) is 17.4. The molecule has 0 aliphatic carbocycles. The molecule has 5 heteroatoms. The number of nitrogens with one attached hydrogen (secondary N) is 1. The monoisotopic (exact) mass is 344 g/mol. The van der Waals surface area contributed by atoms with Crippen molar-refractivity contribution < 1.29 is 14.3 Å². The minimum absolute atomic E-state index is 0.103. The van der Waals surface area contributed by atoms with Crippen LogP contribution in [-0.4, -0.2) is 44.4 Å². The van der Waals surface area contributed by atoms with Crippen molar-refractivity contribution in [3.05, 3.63) is 24.3 Å². The number of carbonyl (C=O) groups is 1. The van der Waals surface area contributed by atoms with Crippen molar-refractivity contribution >= 4 is 11.6 Å². The SMILES string of the molecule is COc1ccccc1N1CCC[C@@H](NC(=O)[C@]2(C)C[C@H]3CC[C@H]2O3)C1. The minimum Gasteiger partial charge on any atom is -0.495 e. The van der Waals surface area contributed by atoms with Crippen LogP contribution in [0.2, 0.25) is 0 Å². The second-order valence-corrected chi connectivity index (χ2v) is 7.88. The standard InChI is InChI=1S/C20H28N2O3/c1-20(12-15-9-10-18(20)25-15)19(23)21-14-6-5-11-22(13-14)16-7-3-4-8-17(16)24-2/h3-4,7-8,14-15,18H,5-6,9-13H2,1-2H3,(H,21,23)/t14-,15-,18-,20-/m1/s1. The van der Waals surface area contributed by atoms with Gasteiger partial charge in [0.2, 0.25) is 5.91 Å². The quantitative estimate of drug-likeness (QED) is 0.912. The second kappa shape index (κ2) is 6.52. The molecule has 3 aliphatic heterocycles. The number of hydrogen-bond donors (Lipinski definition) is 1. The Morgan fingerprint density at radius 2 is 2.16 bits per heavy atom. The van der Waals surface area contributed by atoms with E-state index in [0.29, 0.717) is 0 Å². The number of fused-ring (bicyclic) bond motifs is 2. The molecule has 0 saturated carbocycles. The molecular formula is C20H28N2O3. The summed E-state index contributed by atoms with van der Waals surface area (Å²) in [7, 11) is 1.71. The Morgan fingerprint density at radius 3 is 2.88 bits per heavy atom. The molecule has 0 aromatic heterocycles. The number of anilines is 1. The topological polar surface area (TPSA) is 50.8 Å². The maximum Gasteiger partial charge on any atom is 0.228 e. The van der Waals surface area contributed by atoms with E-state index in [1.807, 2.05) is 18.2 Å². The van der Waals surface area contributed by atoms with Gasteiger partial charge in [0.15, 0.2) is 0 Å². The van der Waals surface area contributed by atoms with Gasteiger partial charge >= 0.3 is 0 Å². The summed E-state index contributed by atoms with van der Waals surface area (Å²) in [6, 6.07) is 8.29. The Hall–Kier alpha value is -1.75. The molecule has 4 atom stereocenters. The van der Waals surface area contributed by atoms with E-state index in [2.05, 4.69) is 23.2 Å². The lowest BCUT2D eigenvalue weighted by Crippen LogP contribution is -2.53. The number of piperidine rings is 1. The van der Waals surface area contributed by atoms with Crippen LogP contribution in [0, 0.1) is 5.41 Å². The molecule has 136 valence electrons. The molecule has 5 nitrogen and oxygen atoms in total. The van der Waals surface area contributed by atoms with Crippen LogP contribution in [0.25, 0.3) is 0 Å². The first-order valence-electron chi connectivity index (χ1n) is 9.44. The molecule has 1 amide bonds. The van der Waals surface area contributed by atoms with E-state index < -0.39 is 0 Å². The van der Waals surface area contributed by atoms with Gasteiger partial charge in [0, 0.05) is 19.1 Å². The maximum atomic E-state index is 13.0. The van der Waals surface area contributed by atoms with Gasteiger partial charge in [0.25, 0.3) is 0 Å². The predicted molar refractivity (Wildman–Crippen MR) is 97.0 cm³/mol. The van der Waals surface area contributed by atoms with E-state index in [-0.39, 0.29) is 29.6 Å². The first kappa shape index (κ1) is 16.7. The fourth-order valence-corrected chi connectivity index (χ4v) is 4.72. The van der Waals surface area contributed by atoms with Crippen molar-refractivity contribution in [3.8, 4) is 5.75 Å². The number of amides is 1. The average molecular weight is 344 g/mol. The van der Waals surface area contributed by atoms with Gasteiger partial charge in [-0.25, -0.2) is 0 Å². The first-order valence-corrected chi connectivity index (χ1v) is 9.44. The summed E-state index contributed by atoms with van der Waals surface area (Å²) >= 11 is 0. The van der Waals surface area contributed by atoms with E-state index in [1.165, 1.54) is 0 Å². The average Bonchev–Trinajstić information content (AvgIpc) is 3.23. The van der Waals surface area contributed by atoms with Crippen LogP contribution in [0.15, 0.2) is 24.3 Å². The predicted octanol–water partition coefficient (Wildman–Crippen LogP) is 2.74. The number of methoxy groups -OCH3 is 1. The Labute approximate surface area is 149 Å². The van der Waals surface area contributed by atoms with Gasteiger partial charge in [-0.15, -0.1) is 0 Å². The molecule has 1 N–H and O–H groups in total. The molecule has 3 aliphatic rings. The van der Waals surface area contributed by atoms with E-state index >= 15 is 0 Å². The van der Waals surface area contributed by atoms with Gasteiger partial charge in [-0.05, 0) is 51.2 Å². The molecule has 0 radical (unpaired) electrons. The van der Waals surface area contributed by atoms with E-state index in [0.717, 1.165) is 56.6 Å². The summed E-state index contributed by atoms with van der Waals surface area (Å²) in [4.78, 5) is 15.3. The van der Waals surface area contributed by atoms with Crippen molar-refractivity contribution in [1.29, 1.82) is 0 Å². The third kappa shape index (κ3) is 2.99. The van der Waals surface area contributed by atoms with Crippen LogP contribution in [0.3, 0.4) is 0 Å². The van der Waals surface area contributed by atoms with Crippen molar-refractivity contribution in [1.82, 2.24) is 5.32 Å². The maximum absolute atomic E-state index is 13.0. The Balaban J connectivity index is 1.42. The summed E-state index contributed by atoms with van der Waals surface area (Å²) < 4.78 is 11.4. The van der Waals surface area contributed by atoms with E-state index in [1.54, 1.807) is 7.11 Å². The number of rotatable bonds is 4. The third-order valence-electron chi connectivity index (χ3n) is 6.17.